The lowest BCUT2D eigenvalue weighted by Gasteiger charge is -2.17. The van der Waals surface area contributed by atoms with Gasteiger partial charge in [0.15, 0.2) is 0 Å². The van der Waals surface area contributed by atoms with Gasteiger partial charge < -0.3 is 9.32 Å². The van der Waals surface area contributed by atoms with Crippen LogP contribution in [0.4, 0.5) is 0 Å². The molecule has 7 nitrogen and oxygen atoms in total. The largest absolute Gasteiger partial charge is 0.456 e. The van der Waals surface area contributed by atoms with Crippen LogP contribution in [0.5, 0.6) is 0 Å². The molecule has 160 valence electrons. The van der Waals surface area contributed by atoms with Crippen LogP contribution in [0.1, 0.15) is 17.5 Å². The van der Waals surface area contributed by atoms with Crippen LogP contribution in [0.2, 0.25) is 0 Å². The minimum Gasteiger partial charge on any atom is -0.456 e. The molecule has 1 fully saturated rings. The first kappa shape index (κ1) is 20.2. The van der Waals surface area contributed by atoms with Gasteiger partial charge in [-0.2, -0.15) is 5.26 Å². The van der Waals surface area contributed by atoms with E-state index in [0.29, 0.717) is 23.3 Å². The Bertz CT molecular complexity index is 1500. The Hall–Kier alpha value is -3.67. The van der Waals surface area contributed by atoms with Gasteiger partial charge in [-0.05, 0) is 42.0 Å². The van der Waals surface area contributed by atoms with Gasteiger partial charge in [-0.25, -0.2) is 13.1 Å². The van der Waals surface area contributed by atoms with E-state index in [9.17, 15) is 13.2 Å². The molecule has 2 heterocycles. The second-order valence-corrected chi connectivity index (χ2v) is 9.58. The Labute approximate surface area is 184 Å². The number of nitrogens with one attached hydrogen (secondary N) is 1. The van der Waals surface area contributed by atoms with E-state index < -0.39 is 16.1 Å². The van der Waals surface area contributed by atoms with Gasteiger partial charge in [0, 0.05) is 36.3 Å². The predicted molar refractivity (Wildman–Crippen MR) is 119 cm³/mol. The number of nitrogens with zero attached hydrogens (tertiary/aromatic N) is 2. The average molecular weight is 446 g/mol. The molecule has 1 atom stereocenters. The highest BCUT2D eigenvalue weighted by Gasteiger charge is 2.33. The van der Waals surface area contributed by atoms with Crippen molar-refractivity contribution in [1.82, 2.24) is 9.62 Å². The maximum atomic E-state index is 13.0. The van der Waals surface area contributed by atoms with Gasteiger partial charge in [-0.1, -0.05) is 30.3 Å². The molecule has 8 heteroatoms. The van der Waals surface area contributed by atoms with Crippen molar-refractivity contribution in [1.29, 1.82) is 5.26 Å². The van der Waals surface area contributed by atoms with Crippen molar-refractivity contribution < 1.29 is 17.6 Å². The Balaban J connectivity index is 1.35. The highest BCUT2D eigenvalue weighted by molar-refractivity contribution is 7.89. The predicted octanol–water partition coefficient (Wildman–Crippen LogP) is 3.54. The van der Waals surface area contributed by atoms with Gasteiger partial charge in [0.2, 0.25) is 15.9 Å². The number of amides is 1. The first-order chi connectivity index (χ1) is 15.4. The Morgan fingerprint density at radius 1 is 1.03 bits per heavy atom. The molecule has 0 aliphatic carbocycles. The number of likely N-dealkylation sites (tertiary alicyclic amines) is 1. The molecule has 1 aliphatic rings. The number of para-hydroxylation sites is 1. The van der Waals surface area contributed by atoms with Crippen LogP contribution in [0.25, 0.3) is 21.9 Å². The lowest BCUT2D eigenvalue weighted by molar-refractivity contribution is -0.128. The minimum atomic E-state index is -3.83. The molecule has 1 saturated heterocycles. The molecule has 0 saturated carbocycles. The summed E-state index contributed by atoms with van der Waals surface area (Å²) in [5.41, 5.74) is 2.67. The molecule has 0 bridgehead atoms. The molecular formula is C24H19N3O4S. The summed E-state index contributed by atoms with van der Waals surface area (Å²) in [4.78, 5) is 14.2. The quantitative estimate of drug-likeness (QED) is 0.506. The third-order valence-electron chi connectivity index (χ3n) is 5.62. The molecule has 3 aromatic carbocycles. The highest BCUT2D eigenvalue weighted by atomic mass is 32.2. The van der Waals surface area contributed by atoms with Crippen molar-refractivity contribution in [3.8, 4) is 6.07 Å². The number of carbonyl (C=O) groups excluding carboxylic acids is 1. The first-order valence-electron chi connectivity index (χ1n) is 10.1. The van der Waals surface area contributed by atoms with Crippen LogP contribution in [0.3, 0.4) is 0 Å². The molecule has 1 aromatic heterocycles. The summed E-state index contributed by atoms with van der Waals surface area (Å²) < 4.78 is 34.5. The maximum absolute atomic E-state index is 13.0. The number of furan rings is 1. The number of hydrogen-bond donors (Lipinski definition) is 1. The standard InChI is InChI=1S/C24H19N3O4S/c25-13-16-4-3-5-17(10-16)14-27-15-18(11-24(27)28)26-32(29,30)19-8-9-23-21(12-19)20-6-1-2-7-22(20)31-23/h1-10,12,18,26H,11,14-15H2. The van der Waals surface area contributed by atoms with E-state index in [2.05, 4.69) is 10.8 Å². The fourth-order valence-corrected chi connectivity index (χ4v) is 5.38. The van der Waals surface area contributed by atoms with Crippen LogP contribution in [-0.4, -0.2) is 31.8 Å². The highest BCUT2D eigenvalue weighted by Crippen LogP contribution is 2.30. The monoisotopic (exact) mass is 445 g/mol. The minimum absolute atomic E-state index is 0.0913. The molecule has 0 radical (unpaired) electrons. The van der Waals surface area contributed by atoms with Crippen LogP contribution < -0.4 is 4.72 Å². The second-order valence-electron chi connectivity index (χ2n) is 7.86. The maximum Gasteiger partial charge on any atom is 0.240 e. The van der Waals surface area contributed by atoms with Crippen LogP contribution in [-0.2, 0) is 21.4 Å². The van der Waals surface area contributed by atoms with E-state index >= 15 is 0 Å². The number of rotatable bonds is 5. The second kappa shape index (κ2) is 7.79. The molecule has 1 unspecified atom stereocenters. The van der Waals surface area contributed by atoms with Gasteiger partial charge in [0.1, 0.15) is 11.2 Å². The summed E-state index contributed by atoms with van der Waals surface area (Å²) in [6.07, 6.45) is 0.0913. The smallest absolute Gasteiger partial charge is 0.240 e. The van der Waals surface area contributed by atoms with Gasteiger partial charge in [0.25, 0.3) is 0 Å². The average Bonchev–Trinajstić information content (AvgIpc) is 3.32. The summed E-state index contributed by atoms with van der Waals surface area (Å²) in [5, 5.41) is 10.6. The third-order valence-corrected chi connectivity index (χ3v) is 7.14. The Morgan fingerprint density at radius 2 is 1.84 bits per heavy atom. The summed E-state index contributed by atoms with van der Waals surface area (Å²) in [6.45, 7) is 0.602. The summed E-state index contributed by atoms with van der Waals surface area (Å²) in [7, 11) is -3.83. The Kier molecular flexibility index (Phi) is 4.93. The molecule has 1 aliphatic heterocycles. The van der Waals surface area contributed by atoms with Crippen molar-refractivity contribution in [2.75, 3.05) is 6.54 Å². The fourth-order valence-electron chi connectivity index (χ4n) is 4.12. The molecule has 4 aromatic rings. The number of fused-ring (bicyclic) bond motifs is 3. The molecule has 1 N–H and O–H groups in total. The zero-order valence-corrected chi connectivity index (χ0v) is 17.8. The Morgan fingerprint density at radius 3 is 2.69 bits per heavy atom. The number of sulfonamides is 1. The van der Waals surface area contributed by atoms with E-state index in [1.807, 2.05) is 30.3 Å². The molecule has 0 spiro atoms. The van der Waals surface area contributed by atoms with Crippen LogP contribution in [0, 0.1) is 11.3 Å². The summed E-state index contributed by atoms with van der Waals surface area (Å²) >= 11 is 0. The van der Waals surface area contributed by atoms with E-state index in [0.717, 1.165) is 16.3 Å². The molecular weight excluding hydrogens is 426 g/mol. The zero-order chi connectivity index (χ0) is 22.3. The number of hydrogen-bond acceptors (Lipinski definition) is 5. The SMILES string of the molecule is N#Cc1cccc(CN2CC(NS(=O)(=O)c3ccc4oc5ccccc5c4c3)CC2=O)c1. The van der Waals surface area contributed by atoms with Crippen LogP contribution >= 0.6 is 0 Å². The fraction of sp³-hybridized carbons (Fsp3) is 0.167. The number of benzene rings is 3. The third kappa shape index (κ3) is 3.73. The number of carbonyl (C=O) groups is 1. The van der Waals surface area contributed by atoms with Gasteiger partial charge in [-0.3, -0.25) is 4.79 Å². The first-order valence-corrected chi connectivity index (χ1v) is 11.6. The lowest BCUT2D eigenvalue weighted by Crippen LogP contribution is -2.37. The molecule has 1 amide bonds. The topological polar surface area (TPSA) is 103 Å². The van der Waals surface area contributed by atoms with Gasteiger partial charge in [0.05, 0.1) is 16.5 Å². The van der Waals surface area contributed by atoms with Crippen molar-refractivity contribution >= 4 is 37.9 Å². The van der Waals surface area contributed by atoms with E-state index in [1.165, 1.54) is 6.07 Å². The number of nitriles is 1. The lowest BCUT2D eigenvalue weighted by atomic mass is 10.1. The summed E-state index contributed by atoms with van der Waals surface area (Å²) in [6, 6.07) is 20.8. The van der Waals surface area contributed by atoms with E-state index in [1.54, 1.807) is 35.2 Å². The zero-order valence-electron chi connectivity index (χ0n) is 17.0. The van der Waals surface area contributed by atoms with Crippen molar-refractivity contribution in [3.05, 3.63) is 77.9 Å². The molecule has 32 heavy (non-hydrogen) atoms. The van der Waals surface area contributed by atoms with Crippen molar-refractivity contribution in [2.45, 2.75) is 23.9 Å². The van der Waals surface area contributed by atoms with E-state index in [-0.39, 0.29) is 23.8 Å². The van der Waals surface area contributed by atoms with Crippen molar-refractivity contribution in [3.63, 3.8) is 0 Å². The van der Waals surface area contributed by atoms with E-state index in [4.69, 9.17) is 9.68 Å². The van der Waals surface area contributed by atoms with Crippen LogP contribution in [0.15, 0.2) is 76.0 Å². The van der Waals surface area contributed by atoms with Crippen molar-refractivity contribution in [2.24, 2.45) is 0 Å². The van der Waals surface area contributed by atoms with Gasteiger partial charge >= 0.3 is 0 Å². The van der Waals surface area contributed by atoms with Gasteiger partial charge in [-0.15, -0.1) is 0 Å². The molecule has 5 rings (SSSR count). The normalized spacial score (nSPS) is 16.7. The summed E-state index contributed by atoms with van der Waals surface area (Å²) in [5.74, 6) is -0.128.